The summed E-state index contributed by atoms with van der Waals surface area (Å²) in [5, 5.41) is 7.60. The first-order valence-corrected chi connectivity index (χ1v) is 11.9. The van der Waals surface area contributed by atoms with Crippen molar-refractivity contribution in [3.05, 3.63) is 71.0 Å². The Morgan fingerprint density at radius 2 is 1.85 bits per heavy atom. The van der Waals surface area contributed by atoms with Gasteiger partial charge in [-0.2, -0.15) is 0 Å². The van der Waals surface area contributed by atoms with Crippen LogP contribution in [0, 0.1) is 0 Å². The first-order valence-electron chi connectivity index (χ1n) is 11.5. The Morgan fingerprint density at radius 1 is 1.09 bits per heavy atom. The van der Waals surface area contributed by atoms with Crippen LogP contribution < -0.4 is 10.1 Å². The van der Waals surface area contributed by atoms with Gasteiger partial charge < -0.3 is 13.8 Å². The van der Waals surface area contributed by atoms with Gasteiger partial charge in [-0.25, -0.2) is 4.98 Å². The quantitative estimate of drug-likeness (QED) is 0.356. The highest BCUT2D eigenvalue weighted by atomic mass is 35.5. The Kier molecular flexibility index (Phi) is 6.36. The molecule has 0 fully saturated rings. The molecule has 34 heavy (non-hydrogen) atoms. The number of amides is 1. The highest BCUT2D eigenvalue weighted by Gasteiger charge is 2.25. The maximum absolute atomic E-state index is 13.2. The second-order valence-electron chi connectivity index (χ2n) is 8.19. The van der Waals surface area contributed by atoms with E-state index in [1.54, 1.807) is 6.07 Å². The Balaban J connectivity index is 1.40. The molecule has 0 saturated carbocycles. The molecule has 0 bridgehead atoms. The number of carbonyl (C=O) groups excluding carboxylic acids is 1. The Morgan fingerprint density at radius 3 is 2.62 bits per heavy atom. The van der Waals surface area contributed by atoms with Gasteiger partial charge in [0.2, 0.25) is 5.88 Å². The van der Waals surface area contributed by atoms with Gasteiger partial charge in [0.15, 0.2) is 5.69 Å². The van der Waals surface area contributed by atoms with E-state index in [0.29, 0.717) is 23.0 Å². The monoisotopic (exact) mass is 476 g/mol. The predicted molar refractivity (Wildman–Crippen MR) is 131 cm³/mol. The number of imidazole rings is 1. The van der Waals surface area contributed by atoms with Crippen LogP contribution >= 0.6 is 11.6 Å². The summed E-state index contributed by atoms with van der Waals surface area (Å²) in [6, 6.07) is 16.8. The number of fused-ring (bicyclic) bond motifs is 1. The largest absolute Gasteiger partial charge is 0.494 e. The molecule has 174 valence electrons. The van der Waals surface area contributed by atoms with Crippen LogP contribution in [0.1, 0.15) is 42.4 Å². The van der Waals surface area contributed by atoms with Crippen LogP contribution in [0.2, 0.25) is 5.02 Å². The first kappa shape index (κ1) is 22.2. The van der Waals surface area contributed by atoms with Gasteiger partial charge in [-0.15, -0.1) is 0 Å². The predicted octanol–water partition coefficient (Wildman–Crippen LogP) is 6.24. The number of rotatable bonds is 6. The fraction of sp³-hybridized carbons (Fsp3) is 0.269. The van der Waals surface area contributed by atoms with Crippen molar-refractivity contribution in [2.45, 2.75) is 39.2 Å². The zero-order chi connectivity index (χ0) is 23.5. The molecule has 8 heteroatoms. The molecule has 1 N–H and O–H groups in total. The van der Waals surface area contributed by atoms with Crippen molar-refractivity contribution in [3.8, 4) is 28.4 Å². The third-order valence-corrected chi connectivity index (χ3v) is 6.15. The average molecular weight is 477 g/mol. The number of nitrogens with one attached hydrogen (secondary N) is 1. The summed E-state index contributed by atoms with van der Waals surface area (Å²) in [6.45, 7) is 3.38. The van der Waals surface area contributed by atoms with Crippen molar-refractivity contribution < 1.29 is 14.1 Å². The molecule has 0 radical (unpaired) electrons. The van der Waals surface area contributed by atoms with Gasteiger partial charge >= 0.3 is 0 Å². The molecule has 7 nitrogen and oxygen atoms in total. The molecule has 0 aliphatic carbocycles. The van der Waals surface area contributed by atoms with E-state index in [0.717, 1.165) is 60.6 Å². The summed E-state index contributed by atoms with van der Waals surface area (Å²) >= 11 is 6.07. The number of halogens is 1. The van der Waals surface area contributed by atoms with Gasteiger partial charge in [0.25, 0.3) is 5.91 Å². The number of benzene rings is 2. The fourth-order valence-electron chi connectivity index (χ4n) is 4.25. The van der Waals surface area contributed by atoms with Gasteiger partial charge in [0.05, 0.1) is 12.3 Å². The second kappa shape index (κ2) is 9.73. The maximum Gasteiger partial charge on any atom is 0.278 e. The summed E-state index contributed by atoms with van der Waals surface area (Å²) in [5.74, 6) is 1.55. The molecule has 4 aromatic rings. The number of ether oxygens (including phenoxy) is 1. The molecule has 0 spiro atoms. The Bertz CT molecular complexity index is 1290. The smallest absolute Gasteiger partial charge is 0.278 e. The van der Waals surface area contributed by atoms with Gasteiger partial charge in [-0.3, -0.25) is 10.1 Å². The minimum Gasteiger partial charge on any atom is -0.494 e. The van der Waals surface area contributed by atoms with Crippen molar-refractivity contribution in [2.75, 3.05) is 11.9 Å². The number of carbonyl (C=O) groups is 1. The van der Waals surface area contributed by atoms with E-state index in [1.165, 1.54) is 0 Å². The van der Waals surface area contributed by atoms with Gasteiger partial charge in [0.1, 0.15) is 17.3 Å². The second-order valence-corrected chi connectivity index (χ2v) is 8.62. The van der Waals surface area contributed by atoms with E-state index in [4.69, 9.17) is 25.8 Å². The first-order chi connectivity index (χ1) is 16.6. The van der Waals surface area contributed by atoms with E-state index >= 15 is 0 Å². The maximum atomic E-state index is 13.2. The van der Waals surface area contributed by atoms with Crippen LogP contribution in [0.3, 0.4) is 0 Å². The normalized spacial score (nSPS) is 13.2. The van der Waals surface area contributed by atoms with Gasteiger partial charge in [-0.1, -0.05) is 23.2 Å². The highest BCUT2D eigenvalue weighted by Crippen LogP contribution is 2.29. The molecule has 1 amide bonds. The fourth-order valence-corrected chi connectivity index (χ4v) is 4.38. The zero-order valence-electron chi connectivity index (χ0n) is 18.9. The molecular formula is C26H25ClN4O3. The molecule has 0 saturated heterocycles. The van der Waals surface area contributed by atoms with Gasteiger partial charge in [-0.05, 0) is 74.7 Å². The van der Waals surface area contributed by atoms with E-state index in [2.05, 4.69) is 15.0 Å². The Labute approximate surface area is 202 Å². The number of nitrogens with zero attached hydrogens (tertiary/aromatic N) is 3. The minimum atomic E-state index is -0.305. The van der Waals surface area contributed by atoms with Crippen LogP contribution in [0.4, 0.5) is 5.88 Å². The van der Waals surface area contributed by atoms with E-state index < -0.39 is 0 Å². The molecule has 5 rings (SSSR count). The third kappa shape index (κ3) is 4.56. The zero-order valence-corrected chi connectivity index (χ0v) is 19.6. The molecular weight excluding hydrogens is 452 g/mol. The molecule has 0 unspecified atom stereocenters. The average Bonchev–Trinajstić information content (AvgIpc) is 3.37. The standard InChI is InChI=1S/C26H25ClN4O3/c1-2-33-20-13-9-17(10-14-20)21-16-23(34-30-21)28-26(32)24-22-6-4-3-5-15-31(22)25(29-24)18-7-11-19(27)12-8-18/h7-14,16H,2-6,15H2,1H3,(H,28,32). The summed E-state index contributed by atoms with van der Waals surface area (Å²) in [4.78, 5) is 18.0. The molecule has 1 aliphatic rings. The molecule has 2 aromatic carbocycles. The summed E-state index contributed by atoms with van der Waals surface area (Å²) in [5.41, 5.74) is 3.80. The lowest BCUT2D eigenvalue weighted by molar-refractivity contribution is 0.101. The molecule has 1 aliphatic heterocycles. The van der Waals surface area contributed by atoms with Crippen molar-refractivity contribution in [2.24, 2.45) is 0 Å². The summed E-state index contributed by atoms with van der Waals surface area (Å²) < 4.78 is 13.0. The van der Waals surface area contributed by atoms with Crippen LogP contribution in [0.25, 0.3) is 22.6 Å². The lowest BCUT2D eigenvalue weighted by Gasteiger charge is -2.09. The highest BCUT2D eigenvalue weighted by molar-refractivity contribution is 6.30. The number of anilines is 1. The number of hydrogen-bond donors (Lipinski definition) is 1. The van der Waals surface area contributed by atoms with E-state index in [1.807, 2.05) is 55.5 Å². The molecule has 3 heterocycles. The number of hydrogen-bond acceptors (Lipinski definition) is 5. The Hall–Kier alpha value is -3.58. The van der Waals surface area contributed by atoms with Crippen LogP contribution in [0.5, 0.6) is 5.75 Å². The van der Waals surface area contributed by atoms with Crippen LogP contribution in [-0.4, -0.2) is 27.2 Å². The van der Waals surface area contributed by atoms with E-state index in [9.17, 15) is 4.79 Å². The van der Waals surface area contributed by atoms with Gasteiger partial charge in [0, 0.05) is 28.8 Å². The van der Waals surface area contributed by atoms with Crippen molar-refractivity contribution in [1.29, 1.82) is 0 Å². The third-order valence-electron chi connectivity index (χ3n) is 5.89. The van der Waals surface area contributed by atoms with Crippen molar-refractivity contribution in [1.82, 2.24) is 14.7 Å². The van der Waals surface area contributed by atoms with Crippen molar-refractivity contribution in [3.63, 3.8) is 0 Å². The van der Waals surface area contributed by atoms with Crippen LogP contribution in [-0.2, 0) is 13.0 Å². The number of aromatic nitrogens is 3. The van der Waals surface area contributed by atoms with E-state index in [-0.39, 0.29) is 11.8 Å². The SMILES string of the molecule is CCOc1ccc(-c2cc(NC(=O)c3nc(-c4ccc(Cl)cc4)n4c3CCCCC4)on2)cc1. The van der Waals surface area contributed by atoms with Crippen LogP contribution in [0.15, 0.2) is 59.1 Å². The minimum absolute atomic E-state index is 0.275. The summed E-state index contributed by atoms with van der Waals surface area (Å²) in [7, 11) is 0. The summed E-state index contributed by atoms with van der Waals surface area (Å²) in [6.07, 6.45) is 4.00. The van der Waals surface area contributed by atoms with Crippen molar-refractivity contribution >= 4 is 23.4 Å². The molecule has 0 atom stereocenters. The lowest BCUT2D eigenvalue weighted by atomic mass is 10.1. The topological polar surface area (TPSA) is 82.2 Å². The molecule has 2 aromatic heterocycles. The lowest BCUT2D eigenvalue weighted by Crippen LogP contribution is -2.15.